The molecule has 1 aliphatic rings. The molecule has 1 atom stereocenters. The fraction of sp³-hybridized carbons (Fsp3) is 0.263. The van der Waals surface area contributed by atoms with Crippen LogP contribution in [0.5, 0.6) is 5.75 Å². The fourth-order valence-electron chi connectivity index (χ4n) is 3.03. The van der Waals surface area contributed by atoms with E-state index >= 15 is 0 Å². The van der Waals surface area contributed by atoms with Gasteiger partial charge in [0.2, 0.25) is 0 Å². The smallest absolute Gasteiger partial charge is 0.406 e. The highest BCUT2D eigenvalue weighted by atomic mass is 19.4. The number of anilines is 1. The van der Waals surface area contributed by atoms with E-state index in [1.165, 1.54) is 43.4 Å². The van der Waals surface area contributed by atoms with Crippen molar-refractivity contribution >= 4 is 23.5 Å². The van der Waals surface area contributed by atoms with Gasteiger partial charge in [-0.25, -0.2) is 9.69 Å². The van der Waals surface area contributed by atoms with E-state index in [9.17, 15) is 27.6 Å². The third kappa shape index (κ3) is 4.19. The fourth-order valence-corrected chi connectivity index (χ4v) is 3.03. The number of aromatic nitrogens is 1. The molecule has 0 saturated carbocycles. The van der Waals surface area contributed by atoms with Crippen molar-refractivity contribution in [1.29, 1.82) is 0 Å². The average molecular weight is 422 g/mol. The number of halogens is 3. The first-order valence-electron chi connectivity index (χ1n) is 8.77. The summed E-state index contributed by atoms with van der Waals surface area (Å²) >= 11 is 0. The second-order valence-electron chi connectivity index (χ2n) is 6.41. The summed E-state index contributed by atoms with van der Waals surface area (Å²) in [4.78, 5) is 43.6. The number of nitrogens with zero attached hydrogens (tertiary/aromatic N) is 3. The maximum Gasteiger partial charge on any atom is 0.573 e. The molecule has 0 aliphatic carbocycles. The van der Waals surface area contributed by atoms with Crippen LogP contribution in [0.1, 0.15) is 22.8 Å². The van der Waals surface area contributed by atoms with Crippen molar-refractivity contribution in [3.8, 4) is 5.75 Å². The standard InChI is InChI=1S/C19H17F3N4O4/c1-11-17(28)26(13-3-5-14(6-4-13)30-19(20,21)22)18(29)25(11)10-12-7-8-24-9-15(12)16(27)23-2/h3-9,11H,10H2,1-2H3,(H,23,27). The number of benzene rings is 1. The number of alkyl halides is 3. The number of hydrogen-bond acceptors (Lipinski definition) is 5. The van der Waals surface area contributed by atoms with Crippen LogP contribution in [0.4, 0.5) is 23.7 Å². The van der Waals surface area contributed by atoms with Crippen molar-refractivity contribution in [2.75, 3.05) is 11.9 Å². The lowest BCUT2D eigenvalue weighted by Gasteiger charge is -2.20. The third-order valence-corrected chi connectivity index (χ3v) is 4.53. The lowest BCUT2D eigenvalue weighted by atomic mass is 10.1. The Morgan fingerprint density at radius 1 is 1.20 bits per heavy atom. The number of ether oxygens (including phenoxy) is 1. The average Bonchev–Trinajstić information content (AvgIpc) is 2.91. The van der Waals surface area contributed by atoms with E-state index in [2.05, 4.69) is 15.0 Å². The molecule has 2 aromatic rings. The Bertz CT molecular complexity index is 978. The highest BCUT2D eigenvalue weighted by Crippen LogP contribution is 2.30. The van der Waals surface area contributed by atoms with Crippen LogP contribution >= 0.6 is 0 Å². The molecule has 1 unspecified atom stereocenters. The van der Waals surface area contributed by atoms with E-state index in [4.69, 9.17) is 0 Å². The van der Waals surface area contributed by atoms with Crippen LogP contribution in [0, 0.1) is 0 Å². The second kappa shape index (κ2) is 8.01. The van der Waals surface area contributed by atoms with Crippen molar-refractivity contribution < 1.29 is 32.3 Å². The van der Waals surface area contributed by atoms with Crippen LogP contribution in [0.3, 0.4) is 0 Å². The first kappa shape index (κ1) is 21.1. The minimum absolute atomic E-state index is 0.0250. The zero-order chi connectivity index (χ0) is 22.1. The summed E-state index contributed by atoms with van der Waals surface area (Å²) in [6.07, 6.45) is -2.02. The van der Waals surface area contributed by atoms with Crippen LogP contribution in [0.2, 0.25) is 0 Å². The molecule has 11 heteroatoms. The molecule has 1 N–H and O–H groups in total. The molecule has 4 amide bonds. The molecule has 1 saturated heterocycles. The number of hydrogen-bond donors (Lipinski definition) is 1. The van der Waals surface area contributed by atoms with E-state index in [0.717, 1.165) is 17.0 Å². The second-order valence-corrected chi connectivity index (χ2v) is 6.41. The molecule has 2 heterocycles. The normalized spacial score (nSPS) is 16.8. The Labute approximate surface area is 169 Å². The van der Waals surface area contributed by atoms with Gasteiger partial charge in [0, 0.05) is 26.0 Å². The van der Waals surface area contributed by atoms with Gasteiger partial charge in [0.25, 0.3) is 11.8 Å². The van der Waals surface area contributed by atoms with Crippen molar-refractivity contribution in [1.82, 2.24) is 15.2 Å². The first-order valence-corrected chi connectivity index (χ1v) is 8.77. The molecule has 0 bridgehead atoms. The Kier molecular flexibility index (Phi) is 5.63. The molecule has 1 aromatic heterocycles. The minimum atomic E-state index is -4.85. The molecule has 3 rings (SSSR count). The summed E-state index contributed by atoms with van der Waals surface area (Å²) in [7, 11) is 1.46. The number of rotatable bonds is 5. The minimum Gasteiger partial charge on any atom is -0.406 e. The molecule has 1 fully saturated rings. The number of pyridine rings is 1. The van der Waals surface area contributed by atoms with E-state index < -0.39 is 30.1 Å². The van der Waals surface area contributed by atoms with E-state index in [-0.39, 0.29) is 23.7 Å². The van der Waals surface area contributed by atoms with E-state index in [1.54, 1.807) is 6.07 Å². The summed E-state index contributed by atoms with van der Waals surface area (Å²) < 4.78 is 40.7. The summed E-state index contributed by atoms with van der Waals surface area (Å²) in [5.41, 5.74) is 0.864. The molecular weight excluding hydrogens is 405 g/mol. The molecule has 0 radical (unpaired) electrons. The summed E-state index contributed by atoms with van der Waals surface area (Å²) in [6.45, 7) is 1.50. The monoisotopic (exact) mass is 422 g/mol. The summed E-state index contributed by atoms with van der Waals surface area (Å²) in [5.74, 6) is -1.40. The molecule has 158 valence electrons. The zero-order valence-electron chi connectivity index (χ0n) is 15.9. The van der Waals surface area contributed by atoms with Crippen LogP contribution in [0.25, 0.3) is 0 Å². The van der Waals surface area contributed by atoms with Crippen LogP contribution in [0.15, 0.2) is 42.7 Å². The van der Waals surface area contributed by atoms with Gasteiger partial charge in [-0.3, -0.25) is 14.6 Å². The predicted octanol–water partition coefficient (Wildman–Crippen LogP) is 2.70. The number of nitrogens with one attached hydrogen (secondary N) is 1. The van der Waals surface area contributed by atoms with Gasteiger partial charge in [-0.1, -0.05) is 0 Å². The Morgan fingerprint density at radius 3 is 2.47 bits per heavy atom. The Morgan fingerprint density at radius 2 is 1.87 bits per heavy atom. The van der Waals surface area contributed by atoms with Gasteiger partial charge in [0.15, 0.2) is 0 Å². The maximum atomic E-state index is 12.9. The number of imide groups is 1. The van der Waals surface area contributed by atoms with Crippen molar-refractivity contribution in [3.63, 3.8) is 0 Å². The first-order chi connectivity index (χ1) is 14.1. The third-order valence-electron chi connectivity index (χ3n) is 4.53. The lowest BCUT2D eigenvalue weighted by molar-refractivity contribution is -0.274. The highest BCUT2D eigenvalue weighted by Gasteiger charge is 2.43. The Hall–Kier alpha value is -3.63. The van der Waals surface area contributed by atoms with Crippen LogP contribution in [-0.4, -0.2) is 47.2 Å². The van der Waals surface area contributed by atoms with Gasteiger partial charge in [0.05, 0.1) is 11.3 Å². The zero-order valence-corrected chi connectivity index (χ0v) is 15.9. The number of carbonyl (C=O) groups is 3. The van der Waals surface area contributed by atoms with Gasteiger partial charge < -0.3 is 15.0 Å². The van der Waals surface area contributed by atoms with Gasteiger partial charge in [-0.15, -0.1) is 13.2 Å². The summed E-state index contributed by atoms with van der Waals surface area (Å²) in [6, 6.07) is 4.49. The lowest BCUT2D eigenvalue weighted by Crippen LogP contribution is -2.34. The highest BCUT2D eigenvalue weighted by molar-refractivity contribution is 6.21. The largest absolute Gasteiger partial charge is 0.573 e. The van der Waals surface area contributed by atoms with Gasteiger partial charge >= 0.3 is 12.4 Å². The molecule has 1 aliphatic heterocycles. The number of urea groups is 1. The van der Waals surface area contributed by atoms with Crippen LogP contribution in [-0.2, 0) is 11.3 Å². The summed E-state index contributed by atoms with van der Waals surface area (Å²) in [5, 5.41) is 2.48. The molecule has 8 nitrogen and oxygen atoms in total. The van der Waals surface area contributed by atoms with Crippen molar-refractivity contribution in [3.05, 3.63) is 53.9 Å². The Balaban J connectivity index is 1.84. The number of carbonyl (C=O) groups excluding carboxylic acids is 3. The van der Waals surface area contributed by atoms with E-state index in [1.807, 2.05) is 0 Å². The molecule has 0 spiro atoms. The molecule has 1 aromatic carbocycles. The molecule has 30 heavy (non-hydrogen) atoms. The maximum absolute atomic E-state index is 12.9. The van der Waals surface area contributed by atoms with Gasteiger partial charge in [-0.05, 0) is 42.8 Å². The van der Waals surface area contributed by atoms with Crippen LogP contribution < -0.4 is 15.0 Å². The molecular formula is C19H17F3N4O4. The van der Waals surface area contributed by atoms with Gasteiger partial charge in [-0.2, -0.15) is 0 Å². The predicted molar refractivity (Wildman–Crippen MR) is 98.6 cm³/mol. The SMILES string of the molecule is CNC(=O)c1cnccc1CN1C(=O)N(c2ccc(OC(F)(F)F)cc2)C(=O)C1C. The van der Waals surface area contributed by atoms with Gasteiger partial charge in [0.1, 0.15) is 11.8 Å². The quantitative estimate of drug-likeness (QED) is 0.749. The number of amides is 4. The van der Waals surface area contributed by atoms with Crippen molar-refractivity contribution in [2.24, 2.45) is 0 Å². The van der Waals surface area contributed by atoms with Crippen molar-refractivity contribution in [2.45, 2.75) is 25.9 Å². The topological polar surface area (TPSA) is 91.8 Å². The van der Waals surface area contributed by atoms with E-state index in [0.29, 0.717) is 5.56 Å².